The predicted molar refractivity (Wildman–Crippen MR) is 72.0 cm³/mol. The molecule has 0 atom stereocenters. The van der Waals surface area contributed by atoms with Crippen LogP contribution in [0.3, 0.4) is 0 Å². The largest absolute Gasteiger partial charge is 0.304 e. The van der Waals surface area contributed by atoms with Crippen molar-refractivity contribution >= 4 is 11.0 Å². The van der Waals surface area contributed by atoms with Crippen molar-refractivity contribution < 1.29 is 0 Å². The summed E-state index contributed by atoms with van der Waals surface area (Å²) in [5.41, 5.74) is 2.35. The molecule has 2 aromatic rings. The highest BCUT2D eigenvalue weighted by atomic mass is 16.1. The first-order chi connectivity index (χ1) is 9.22. The molecule has 0 bridgehead atoms. The summed E-state index contributed by atoms with van der Waals surface area (Å²) in [4.78, 5) is 14.7. The molecule has 0 saturated heterocycles. The van der Waals surface area contributed by atoms with Gasteiger partial charge in [0.2, 0.25) is 0 Å². The Morgan fingerprint density at radius 3 is 2.74 bits per heavy atom. The molecule has 2 N–H and O–H groups in total. The van der Waals surface area contributed by atoms with E-state index in [2.05, 4.69) is 21.3 Å². The molecule has 0 amide bonds. The van der Waals surface area contributed by atoms with Crippen LogP contribution in [0, 0.1) is 18.3 Å². The first kappa shape index (κ1) is 12.0. The molecule has 5 nitrogen and oxygen atoms in total. The van der Waals surface area contributed by atoms with Gasteiger partial charge in [0.15, 0.2) is 5.65 Å². The van der Waals surface area contributed by atoms with Crippen LogP contribution in [0.4, 0.5) is 0 Å². The van der Waals surface area contributed by atoms with E-state index in [0.29, 0.717) is 11.6 Å². The van der Waals surface area contributed by atoms with E-state index in [0.717, 1.165) is 29.5 Å². The molecular weight excluding hydrogens is 240 g/mol. The Balaban J connectivity index is 2.32. The Morgan fingerprint density at radius 1 is 1.32 bits per heavy atom. The molecule has 19 heavy (non-hydrogen) atoms. The molecule has 2 heterocycles. The van der Waals surface area contributed by atoms with Gasteiger partial charge in [0.25, 0.3) is 5.56 Å². The molecule has 1 saturated carbocycles. The van der Waals surface area contributed by atoms with Crippen molar-refractivity contribution in [1.82, 2.24) is 15.2 Å². The third kappa shape index (κ3) is 1.84. The van der Waals surface area contributed by atoms with E-state index in [1.54, 1.807) is 0 Å². The van der Waals surface area contributed by atoms with E-state index >= 15 is 0 Å². The zero-order valence-electron chi connectivity index (χ0n) is 10.9. The van der Waals surface area contributed by atoms with Gasteiger partial charge in [0, 0.05) is 11.1 Å². The molecule has 5 heteroatoms. The van der Waals surface area contributed by atoms with Gasteiger partial charge < -0.3 is 4.98 Å². The molecule has 1 aliphatic carbocycles. The Kier molecular flexibility index (Phi) is 2.86. The van der Waals surface area contributed by atoms with Crippen molar-refractivity contribution in [2.45, 2.75) is 44.9 Å². The maximum Gasteiger partial charge on any atom is 0.267 e. The number of nitrogens with one attached hydrogen (secondary N) is 2. The lowest BCUT2D eigenvalue weighted by Gasteiger charge is -2.23. The Hall–Kier alpha value is -2.09. The summed E-state index contributed by atoms with van der Waals surface area (Å²) in [6, 6.07) is 2.08. The van der Waals surface area contributed by atoms with E-state index in [9.17, 15) is 10.1 Å². The molecule has 0 aromatic carbocycles. The lowest BCUT2D eigenvalue weighted by atomic mass is 9.81. The van der Waals surface area contributed by atoms with Gasteiger partial charge in [-0.1, -0.05) is 19.3 Å². The zero-order valence-corrected chi connectivity index (χ0v) is 10.9. The zero-order chi connectivity index (χ0) is 13.4. The average molecular weight is 256 g/mol. The van der Waals surface area contributed by atoms with Gasteiger partial charge in [-0.3, -0.25) is 9.89 Å². The molecule has 0 spiro atoms. The maximum atomic E-state index is 12.0. The van der Waals surface area contributed by atoms with E-state index in [4.69, 9.17) is 0 Å². The van der Waals surface area contributed by atoms with Gasteiger partial charge in [-0.05, 0) is 31.2 Å². The number of hydrogen-bond donors (Lipinski definition) is 2. The highest BCUT2D eigenvalue weighted by Gasteiger charge is 2.25. The fourth-order valence-corrected chi connectivity index (χ4v) is 3.18. The van der Waals surface area contributed by atoms with Gasteiger partial charge in [-0.2, -0.15) is 10.4 Å². The van der Waals surface area contributed by atoms with Crippen molar-refractivity contribution in [3.8, 4) is 6.07 Å². The monoisotopic (exact) mass is 256 g/mol. The smallest absolute Gasteiger partial charge is 0.267 e. The maximum absolute atomic E-state index is 12.0. The lowest BCUT2D eigenvalue weighted by molar-refractivity contribution is 0.444. The number of nitriles is 1. The lowest BCUT2D eigenvalue weighted by Crippen LogP contribution is -2.17. The topological polar surface area (TPSA) is 85.3 Å². The predicted octanol–water partition coefficient (Wildman–Crippen LogP) is 2.48. The first-order valence-corrected chi connectivity index (χ1v) is 6.73. The van der Waals surface area contributed by atoms with Gasteiger partial charge in [0.05, 0.1) is 0 Å². The van der Waals surface area contributed by atoms with Gasteiger partial charge in [-0.15, -0.1) is 0 Å². The van der Waals surface area contributed by atoms with Crippen LogP contribution in [0.25, 0.3) is 11.0 Å². The van der Waals surface area contributed by atoms with Crippen molar-refractivity contribution in [2.24, 2.45) is 0 Å². The Morgan fingerprint density at radius 2 is 2.05 bits per heavy atom. The van der Waals surface area contributed by atoms with Crippen molar-refractivity contribution in [3.63, 3.8) is 0 Å². The fraction of sp³-hybridized carbons (Fsp3) is 0.500. The standard InChI is InChI=1S/C14H16N4O/c1-8-11-12(9-5-3-2-4-6-9)10(7-15)14(19)16-13(11)18-17-8/h9H,2-6H2,1H3,(H2,16,17,18,19). The average Bonchev–Trinajstić information content (AvgIpc) is 2.79. The van der Waals surface area contributed by atoms with E-state index < -0.39 is 0 Å². The third-order valence-corrected chi connectivity index (χ3v) is 4.07. The quantitative estimate of drug-likeness (QED) is 0.821. The molecule has 1 aliphatic rings. The SMILES string of the molecule is Cc1[nH]nc2[nH]c(=O)c(C#N)c(C3CCCCC3)c12. The summed E-state index contributed by atoms with van der Waals surface area (Å²) < 4.78 is 0. The minimum absolute atomic E-state index is 0.268. The number of aryl methyl sites for hydroxylation is 1. The van der Waals surface area contributed by atoms with Crippen LogP contribution in [0.1, 0.15) is 54.8 Å². The van der Waals surface area contributed by atoms with E-state index in [1.165, 1.54) is 19.3 Å². The normalized spacial score (nSPS) is 16.6. The molecule has 1 fully saturated rings. The number of aromatic nitrogens is 3. The van der Waals surface area contributed by atoms with Crippen molar-refractivity contribution in [1.29, 1.82) is 5.26 Å². The number of hydrogen-bond acceptors (Lipinski definition) is 3. The van der Waals surface area contributed by atoms with Crippen LogP contribution in [0.15, 0.2) is 4.79 Å². The molecule has 0 unspecified atom stereocenters. The summed E-state index contributed by atoms with van der Waals surface area (Å²) in [5.74, 6) is 0.310. The number of nitrogens with zero attached hydrogens (tertiary/aromatic N) is 2. The number of rotatable bonds is 1. The van der Waals surface area contributed by atoms with Crippen LogP contribution >= 0.6 is 0 Å². The number of fused-ring (bicyclic) bond motifs is 1. The van der Waals surface area contributed by atoms with Crippen LogP contribution in [0.5, 0.6) is 0 Å². The molecule has 3 rings (SSSR count). The van der Waals surface area contributed by atoms with Gasteiger partial charge in [0.1, 0.15) is 11.6 Å². The highest BCUT2D eigenvalue weighted by Crippen LogP contribution is 2.37. The Bertz CT molecular complexity index is 713. The van der Waals surface area contributed by atoms with E-state index in [-0.39, 0.29) is 11.1 Å². The Labute approximate surface area is 110 Å². The number of pyridine rings is 1. The summed E-state index contributed by atoms with van der Waals surface area (Å²) in [7, 11) is 0. The first-order valence-electron chi connectivity index (χ1n) is 6.73. The second kappa shape index (κ2) is 4.54. The third-order valence-electron chi connectivity index (χ3n) is 4.07. The molecule has 0 radical (unpaired) electrons. The van der Waals surface area contributed by atoms with Crippen molar-refractivity contribution in [2.75, 3.05) is 0 Å². The molecule has 0 aliphatic heterocycles. The van der Waals surface area contributed by atoms with Crippen molar-refractivity contribution in [3.05, 3.63) is 27.2 Å². The summed E-state index contributed by atoms with van der Waals surface area (Å²) in [6.45, 7) is 1.93. The minimum Gasteiger partial charge on any atom is -0.304 e. The molecular formula is C14H16N4O. The highest BCUT2D eigenvalue weighted by molar-refractivity contribution is 5.84. The second-order valence-corrected chi connectivity index (χ2v) is 5.26. The number of aromatic amines is 2. The molecule has 98 valence electrons. The van der Waals surface area contributed by atoms with Crippen LogP contribution in [-0.4, -0.2) is 15.2 Å². The fourth-order valence-electron chi connectivity index (χ4n) is 3.18. The molecule has 2 aromatic heterocycles. The van der Waals surface area contributed by atoms with Crippen LogP contribution in [-0.2, 0) is 0 Å². The second-order valence-electron chi connectivity index (χ2n) is 5.26. The van der Waals surface area contributed by atoms with Crippen LogP contribution < -0.4 is 5.56 Å². The summed E-state index contributed by atoms with van der Waals surface area (Å²) in [6.07, 6.45) is 5.69. The minimum atomic E-state index is -0.318. The summed E-state index contributed by atoms with van der Waals surface area (Å²) >= 11 is 0. The van der Waals surface area contributed by atoms with Crippen LogP contribution in [0.2, 0.25) is 0 Å². The van der Waals surface area contributed by atoms with Gasteiger partial charge >= 0.3 is 0 Å². The summed E-state index contributed by atoms with van der Waals surface area (Å²) in [5, 5.41) is 17.3. The van der Waals surface area contributed by atoms with Gasteiger partial charge in [-0.25, -0.2) is 0 Å². The number of H-pyrrole nitrogens is 2. The van der Waals surface area contributed by atoms with E-state index in [1.807, 2.05) is 6.92 Å².